The van der Waals surface area contributed by atoms with E-state index in [1.807, 2.05) is 26.0 Å². The molecule has 0 aromatic heterocycles. The monoisotopic (exact) mass is 308 g/mol. The Balaban J connectivity index is 2.32. The SMILES string of the molecule is Cc1ccc(C)c(S(=O)(=O)N2CCC(N=C=O)CC2C)c1. The lowest BCUT2D eigenvalue weighted by Crippen LogP contribution is -2.45. The zero-order valence-corrected chi connectivity index (χ0v) is 13.4. The summed E-state index contributed by atoms with van der Waals surface area (Å²) < 4.78 is 27.2. The van der Waals surface area contributed by atoms with E-state index in [0.717, 1.165) is 11.1 Å². The normalized spacial score (nSPS) is 23.6. The third-order valence-corrected chi connectivity index (χ3v) is 6.11. The maximum Gasteiger partial charge on any atom is 0.243 e. The number of sulfonamides is 1. The summed E-state index contributed by atoms with van der Waals surface area (Å²) in [5.41, 5.74) is 1.67. The van der Waals surface area contributed by atoms with Gasteiger partial charge >= 0.3 is 0 Å². The molecule has 0 N–H and O–H groups in total. The molecule has 0 spiro atoms. The van der Waals surface area contributed by atoms with E-state index in [9.17, 15) is 13.2 Å². The number of piperidine rings is 1. The van der Waals surface area contributed by atoms with Gasteiger partial charge in [0.25, 0.3) is 0 Å². The first-order valence-electron chi connectivity index (χ1n) is 7.02. The van der Waals surface area contributed by atoms with Crippen molar-refractivity contribution in [3.8, 4) is 0 Å². The van der Waals surface area contributed by atoms with Gasteiger partial charge in [0.05, 0.1) is 10.9 Å². The van der Waals surface area contributed by atoms with E-state index in [2.05, 4.69) is 4.99 Å². The summed E-state index contributed by atoms with van der Waals surface area (Å²) in [6.07, 6.45) is 2.68. The van der Waals surface area contributed by atoms with Crippen molar-refractivity contribution in [2.75, 3.05) is 6.54 Å². The molecule has 1 saturated heterocycles. The average molecular weight is 308 g/mol. The largest absolute Gasteiger partial charge is 0.243 e. The fraction of sp³-hybridized carbons (Fsp3) is 0.533. The van der Waals surface area contributed by atoms with E-state index in [1.165, 1.54) is 4.31 Å². The number of carbonyl (C=O) groups excluding carboxylic acids is 1. The van der Waals surface area contributed by atoms with Crippen molar-refractivity contribution >= 4 is 16.1 Å². The Labute approximate surface area is 125 Å². The van der Waals surface area contributed by atoms with E-state index in [4.69, 9.17) is 0 Å². The Bertz CT molecular complexity index is 678. The summed E-state index contributed by atoms with van der Waals surface area (Å²) in [6, 6.07) is 5.15. The Morgan fingerprint density at radius 1 is 1.33 bits per heavy atom. The molecule has 1 aromatic carbocycles. The van der Waals surface area contributed by atoms with Crippen LogP contribution in [0, 0.1) is 13.8 Å². The van der Waals surface area contributed by atoms with Crippen LogP contribution in [0.15, 0.2) is 28.1 Å². The molecular formula is C15H20N2O3S. The number of aryl methyl sites for hydroxylation is 2. The molecule has 0 bridgehead atoms. The second-order valence-electron chi connectivity index (χ2n) is 5.63. The van der Waals surface area contributed by atoms with Crippen LogP contribution in [0.25, 0.3) is 0 Å². The number of hydrogen-bond donors (Lipinski definition) is 0. The first-order chi connectivity index (χ1) is 9.86. The van der Waals surface area contributed by atoms with Crippen LogP contribution in [-0.4, -0.2) is 37.4 Å². The summed E-state index contributed by atoms with van der Waals surface area (Å²) >= 11 is 0. The number of isocyanates is 1. The molecule has 1 heterocycles. The van der Waals surface area contributed by atoms with Crippen LogP contribution in [0.4, 0.5) is 0 Å². The van der Waals surface area contributed by atoms with Crippen LogP contribution in [0.2, 0.25) is 0 Å². The van der Waals surface area contributed by atoms with E-state index < -0.39 is 10.0 Å². The summed E-state index contributed by atoms with van der Waals surface area (Å²) in [5.74, 6) is 0. The van der Waals surface area contributed by atoms with Gasteiger partial charge in [0.15, 0.2) is 0 Å². The lowest BCUT2D eigenvalue weighted by molar-refractivity contribution is 0.248. The van der Waals surface area contributed by atoms with E-state index in [1.54, 1.807) is 19.1 Å². The minimum absolute atomic E-state index is 0.123. The van der Waals surface area contributed by atoms with Crippen LogP contribution in [-0.2, 0) is 14.8 Å². The van der Waals surface area contributed by atoms with Crippen LogP contribution < -0.4 is 0 Å². The smallest absolute Gasteiger partial charge is 0.211 e. The van der Waals surface area contributed by atoms with E-state index in [-0.39, 0.29) is 12.1 Å². The van der Waals surface area contributed by atoms with Gasteiger partial charge in [0.2, 0.25) is 16.1 Å². The molecule has 1 fully saturated rings. The van der Waals surface area contributed by atoms with E-state index in [0.29, 0.717) is 24.3 Å². The maximum absolute atomic E-state index is 12.9. The molecule has 0 saturated carbocycles. The maximum atomic E-state index is 12.9. The molecule has 1 aliphatic rings. The van der Waals surface area contributed by atoms with Gasteiger partial charge in [0, 0.05) is 12.6 Å². The molecule has 2 rings (SSSR count). The highest BCUT2D eigenvalue weighted by molar-refractivity contribution is 7.89. The van der Waals surface area contributed by atoms with Gasteiger partial charge in [-0.3, -0.25) is 0 Å². The molecule has 1 aliphatic heterocycles. The zero-order chi connectivity index (χ0) is 15.6. The highest BCUT2D eigenvalue weighted by atomic mass is 32.2. The van der Waals surface area contributed by atoms with Crippen molar-refractivity contribution in [2.24, 2.45) is 4.99 Å². The standard InChI is InChI=1S/C15H20N2O3S/c1-11-4-5-12(2)15(8-11)21(19,20)17-7-6-14(16-10-18)9-13(17)3/h4-5,8,13-14H,6-7,9H2,1-3H3. The van der Waals surface area contributed by atoms with Gasteiger partial charge in [-0.05, 0) is 50.8 Å². The van der Waals surface area contributed by atoms with Gasteiger partial charge in [-0.1, -0.05) is 12.1 Å². The molecule has 21 heavy (non-hydrogen) atoms. The number of benzene rings is 1. The fourth-order valence-corrected chi connectivity index (χ4v) is 4.75. The van der Waals surface area contributed by atoms with Crippen LogP contribution in [0.5, 0.6) is 0 Å². The molecule has 0 radical (unpaired) electrons. The second-order valence-corrected chi connectivity index (χ2v) is 7.49. The molecule has 114 valence electrons. The molecule has 2 atom stereocenters. The summed E-state index contributed by atoms with van der Waals surface area (Å²) in [6.45, 7) is 5.93. The molecular weight excluding hydrogens is 288 g/mol. The predicted octanol–water partition coefficient (Wildman–Crippen LogP) is 2.18. The average Bonchev–Trinajstić information content (AvgIpc) is 2.41. The van der Waals surface area contributed by atoms with Gasteiger partial charge in [-0.2, -0.15) is 4.31 Å². The van der Waals surface area contributed by atoms with Gasteiger partial charge in [-0.15, -0.1) is 0 Å². The fourth-order valence-electron chi connectivity index (χ4n) is 2.79. The molecule has 6 heteroatoms. The van der Waals surface area contributed by atoms with Gasteiger partial charge in [0.1, 0.15) is 0 Å². The van der Waals surface area contributed by atoms with Crippen molar-refractivity contribution in [1.82, 2.24) is 4.31 Å². The first-order valence-corrected chi connectivity index (χ1v) is 8.46. The first kappa shape index (κ1) is 15.9. The lowest BCUT2D eigenvalue weighted by Gasteiger charge is -2.35. The topological polar surface area (TPSA) is 66.8 Å². The minimum atomic E-state index is -3.51. The van der Waals surface area contributed by atoms with Gasteiger partial charge in [-0.25, -0.2) is 18.2 Å². The van der Waals surface area contributed by atoms with Gasteiger partial charge < -0.3 is 0 Å². The van der Waals surface area contributed by atoms with Crippen LogP contribution >= 0.6 is 0 Å². The molecule has 5 nitrogen and oxygen atoms in total. The van der Waals surface area contributed by atoms with Crippen LogP contribution in [0.1, 0.15) is 30.9 Å². The third kappa shape index (κ3) is 3.23. The quantitative estimate of drug-likeness (QED) is 0.635. The van der Waals surface area contributed by atoms with Crippen LogP contribution in [0.3, 0.4) is 0 Å². The molecule has 1 aromatic rings. The minimum Gasteiger partial charge on any atom is -0.211 e. The highest BCUT2D eigenvalue weighted by Gasteiger charge is 2.35. The van der Waals surface area contributed by atoms with Crippen molar-refractivity contribution in [1.29, 1.82) is 0 Å². The Morgan fingerprint density at radius 2 is 2.05 bits per heavy atom. The van der Waals surface area contributed by atoms with Crippen molar-refractivity contribution < 1.29 is 13.2 Å². The summed E-state index contributed by atoms with van der Waals surface area (Å²) in [7, 11) is -3.51. The molecule has 0 amide bonds. The number of nitrogens with zero attached hydrogens (tertiary/aromatic N) is 2. The summed E-state index contributed by atoms with van der Waals surface area (Å²) in [5, 5.41) is 0. The molecule has 0 aliphatic carbocycles. The highest BCUT2D eigenvalue weighted by Crippen LogP contribution is 2.28. The lowest BCUT2D eigenvalue weighted by atomic mass is 10.0. The Morgan fingerprint density at radius 3 is 2.67 bits per heavy atom. The van der Waals surface area contributed by atoms with Crippen molar-refractivity contribution in [3.63, 3.8) is 0 Å². The van der Waals surface area contributed by atoms with Crippen molar-refractivity contribution in [2.45, 2.75) is 50.6 Å². The zero-order valence-electron chi connectivity index (χ0n) is 12.5. The number of rotatable bonds is 3. The third-order valence-electron chi connectivity index (χ3n) is 3.95. The van der Waals surface area contributed by atoms with E-state index >= 15 is 0 Å². The number of hydrogen-bond acceptors (Lipinski definition) is 4. The Hall–Kier alpha value is -1.49. The van der Waals surface area contributed by atoms with Crippen molar-refractivity contribution in [3.05, 3.63) is 29.3 Å². The Kier molecular flexibility index (Phi) is 4.61. The molecule has 2 unspecified atom stereocenters. The second kappa shape index (κ2) is 6.10. The summed E-state index contributed by atoms with van der Waals surface area (Å²) in [4.78, 5) is 14.4. The predicted molar refractivity (Wildman–Crippen MR) is 80.4 cm³/mol. The number of aliphatic imine (C=N–C) groups is 1.